The van der Waals surface area contributed by atoms with E-state index in [2.05, 4.69) is 31.2 Å². The van der Waals surface area contributed by atoms with Crippen LogP contribution in [0.5, 0.6) is 0 Å². The SMILES string of the molecule is Cc1nc2n(c(=O)c1Br)CC(=NCc1ccccc1)N2. The summed E-state index contributed by atoms with van der Waals surface area (Å²) in [5.74, 6) is 1.32. The molecule has 6 heteroatoms. The van der Waals surface area contributed by atoms with Gasteiger partial charge >= 0.3 is 0 Å². The third kappa shape index (κ3) is 2.38. The first-order valence-electron chi connectivity index (χ1n) is 6.26. The number of nitrogens with one attached hydrogen (secondary N) is 1. The van der Waals surface area contributed by atoms with Gasteiger partial charge in [-0.3, -0.25) is 14.4 Å². The van der Waals surface area contributed by atoms with Gasteiger partial charge in [-0.1, -0.05) is 30.3 Å². The van der Waals surface area contributed by atoms with Crippen molar-refractivity contribution in [2.75, 3.05) is 5.32 Å². The van der Waals surface area contributed by atoms with E-state index in [4.69, 9.17) is 0 Å². The van der Waals surface area contributed by atoms with Crippen LogP contribution in [-0.4, -0.2) is 15.4 Å². The summed E-state index contributed by atoms with van der Waals surface area (Å²) in [6.45, 7) is 2.83. The van der Waals surface area contributed by atoms with Crippen molar-refractivity contribution in [2.45, 2.75) is 20.0 Å². The number of aliphatic imine (C=N–C) groups is 1. The van der Waals surface area contributed by atoms with Gasteiger partial charge in [-0.05, 0) is 28.4 Å². The quantitative estimate of drug-likeness (QED) is 0.918. The number of nitrogens with zero attached hydrogens (tertiary/aromatic N) is 3. The van der Waals surface area contributed by atoms with Crippen molar-refractivity contribution in [1.82, 2.24) is 9.55 Å². The Morgan fingerprint density at radius 1 is 1.40 bits per heavy atom. The average molecular weight is 333 g/mol. The number of benzene rings is 1. The number of halogens is 1. The summed E-state index contributed by atoms with van der Waals surface area (Å²) in [6.07, 6.45) is 0. The Hall–Kier alpha value is -1.95. The van der Waals surface area contributed by atoms with Gasteiger partial charge < -0.3 is 5.32 Å². The van der Waals surface area contributed by atoms with Crippen LogP contribution in [0.3, 0.4) is 0 Å². The largest absolute Gasteiger partial charge is 0.312 e. The zero-order chi connectivity index (χ0) is 14.1. The first kappa shape index (κ1) is 13.1. The molecule has 3 rings (SSSR count). The van der Waals surface area contributed by atoms with Crippen molar-refractivity contribution in [3.8, 4) is 0 Å². The molecule has 1 aliphatic rings. The molecule has 20 heavy (non-hydrogen) atoms. The van der Waals surface area contributed by atoms with Crippen LogP contribution in [0.4, 0.5) is 5.95 Å². The number of fused-ring (bicyclic) bond motifs is 1. The fraction of sp³-hybridized carbons (Fsp3) is 0.214. The van der Waals surface area contributed by atoms with E-state index in [1.54, 1.807) is 11.5 Å². The molecule has 102 valence electrons. The van der Waals surface area contributed by atoms with E-state index in [0.29, 0.717) is 29.2 Å². The lowest BCUT2D eigenvalue weighted by molar-refractivity contribution is 0.808. The second kappa shape index (κ2) is 5.20. The molecular weight excluding hydrogens is 320 g/mol. The van der Waals surface area contributed by atoms with Gasteiger partial charge in [-0.2, -0.15) is 0 Å². The van der Waals surface area contributed by atoms with Crippen molar-refractivity contribution in [2.24, 2.45) is 4.99 Å². The number of rotatable bonds is 2. The van der Waals surface area contributed by atoms with Crippen molar-refractivity contribution in [3.63, 3.8) is 0 Å². The molecule has 1 aliphatic heterocycles. The molecule has 5 nitrogen and oxygen atoms in total. The van der Waals surface area contributed by atoms with Crippen molar-refractivity contribution in [1.29, 1.82) is 0 Å². The number of hydrogen-bond donors (Lipinski definition) is 1. The molecular formula is C14H13BrN4O. The molecule has 1 N–H and O–H groups in total. The predicted molar refractivity (Wildman–Crippen MR) is 82.1 cm³/mol. The summed E-state index contributed by atoms with van der Waals surface area (Å²) in [4.78, 5) is 20.9. The van der Waals surface area contributed by atoms with Crippen LogP contribution in [0.25, 0.3) is 0 Å². The lowest BCUT2D eigenvalue weighted by Crippen LogP contribution is -2.21. The highest BCUT2D eigenvalue weighted by atomic mass is 79.9. The summed E-state index contributed by atoms with van der Waals surface area (Å²) in [5.41, 5.74) is 1.73. The summed E-state index contributed by atoms with van der Waals surface area (Å²) in [7, 11) is 0. The maximum absolute atomic E-state index is 12.1. The molecule has 0 radical (unpaired) electrons. The van der Waals surface area contributed by atoms with Gasteiger partial charge in [0.25, 0.3) is 5.56 Å². The third-order valence-electron chi connectivity index (χ3n) is 3.14. The van der Waals surface area contributed by atoms with Crippen molar-refractivity contribution in [3.05, 3.63) is 56.4 Å². The number of hydrogen-bond acceptors (Lipinski definition) is 3. The predicted octanol–water partition coefficient (Wildman–Crippen LogP) is 2.34. The van der Waals surface area contributed by atoms with Gasteiger partial charge in [0.2, 0.25) is 5.95 Å². The highest BCUT2D eigenvalue weighted by Crippen LogP contribution is 2.16. The summed E-state index contributed by atoms with van der Waals surface area (Å²) >= 11 is 3.26. The first-order valence-corrected chi connectivity index (χ1v) is 7.05. The zero-order valence-corrected chi connectivity index (χ0v) is 12.5. The number of anilines is 1. The van der Waals surface area contributed by atoms with E-state index >= 15 is 0 Å². The molecule has 0 aliphatic carbocycles. The second-order valence-corrected chi connectivity index (χ2v) is 5.39. The maximum atomic E-state index is 12.1. The van der Waals surface area contributed by atoms with Gasteiger partial charge in [0.15, 0.2) is 0 Å². The van der Waals surface area contributed by atoms with E-state index < -0.39 is 0 Å². The molecule has 0 saturated carbocycles. The second-order valence-electron chi connectivity index (χ2n) is 4.60. The minimum atomic E-state index is -0.0788. The van der Waals surface area contributed by atoms with Gasteiger partial charge in [-0.25, -0.2) is 4.98 Å². The van der Waals surface area contributed by atoms with E-state index in [9.17, 15) is 4.79 Å². The third-order valence-corrected chi connectivity index (χ3v) is 4.05. The van der Waals surface area contributed by atoms with Crippen LogP contribution in [-0.2, 0) is 13.1 Å². The summed E-state index contributed by atoms with van der Waals surface area (Å²) < 4.78 is 2.09. The molecule has 0 saturated heterocycles. The van der Waals surface area contributed by atoms with Crippen LogP contribution in [0, 0.1) is 6.92 Å². The van der Waals surface area contributed by atoms with Crippen LogP contribution in [0.1, 0.15) is 11.3 Å². The molecule has 0 amide bonds. The van der Waals surface area contributed by atoms with Gasteiger partial charge in [-0.15, -0.1) is 0 Å². The average Bonchev–Trinajstić information content (AvgIpc) is 2.87. The topological polar surface area (TPSA) is 59.3 Å². The molecule has 1 aromatic carbocycles. The lowest BCUT2D eigenvalue weighted by Gasteiger charge is -2.02. The Labute approximate surface area is 124 Å². The van der Waals surface area contributed by atoms with Crippen LogP contribution in [0.15, 0.2) is 44.6 Å². The van der Waals surface area contributed by atoms with Crippen LogP contribution in [0.2, 0.25) is 0 Å². The minimum absolute atomic E-state index is 0.0788. The Morgan fingerprint density at radius 2 is 2.15 bits per heavy atom. The van der Waals surface area contributed by atoms with E-state index in [1.165, 1.54) is 0 Å². The standard InChI is InChI=1S/C14H13BrN4O/c1-9-12(15)13(20)19-8-11(18-14(19)17-9)16-7-10-5-3-2-4-6-10/h2-6H,7-8H2,1H3,(H,16,17,18). The van der Waals surface area contributed by atoms with Gasteiger partial charge in [0.05, 0.1) is 18.8 Å². The number of amidine groups is 1. The summed E-state index contributed by atoms with van der Waals surface area (Å²) in [6, 6.07) is 10.00. The molecule has 2 aromatic rings. The lowest BCUT2D eigenvalue weighted by atomic mass is 10.2. The number of aryl methyl sites for hydroxylation is 1. The highest BCUT2D eigenvalue weighted by molar-refractivity contribution is 9.10. The number of aromatic nitrogens is 2. The van der Waals surface area contributed by atoms with Crippen molar-refractivity contribution >= 4 is 27.7 Å². The fourth-order valence-electron chi connectivity index (χ4n) is 2.06. The smallest absolute Gasteiger partial charge is 0.269 e. The Bertz CT molecular complexity index is 737. The summed E-state index contributed by atoms with van der Waals surface area (Å²) in [5, 5.41) is 3.09. The van der Waals surface area contributed by atoms with Crippen molar-refractivity contribution < 1.29 is 0 Å². The monoisotopic (exact) mass is 332 g/mol. The maximum Gasteiger partial charge on any atom is 0.269 e. The highest BCUT2D eigenvalue weighted by Gasteiger charge is 2.20. The molecule has 0 bridgehead atoms. The Balaban J connectivity index is 1.84. The van der Waals surface area contributed by atoms with Crippen LogP contribution >= 0.6 is 15.9 Å². The van der Waals surface area contributed by atoms with Crippen LogP contribution < -0.4 is 10.9 Å². The van der Waals surface area contributed by atoms with Gasteiger partial charge in [0.1, 0.15) is 10.3 Å². The molecule has 0 spiro atoms. The fourth-order valence-corrected chi connectivity index (χ4v) is 2.36. The van der Waals surface area contributed by atoms with E-state index in [0.717, 1.165) is 11.4 Å². The molecule has 1 aromatic heterocycles. The molecule has 0 unspecified atom stereocenters. The first-order chi connectivity index (χ1) is 9.65. The zero-order valence-electron chi connectivity index (χ0n) is 10.9. The Kier molecular flexibility index (Phi) is 3.40. The normalized spacial score (nSPS) is 15.2. The molecule has 2 heterocycles. The minimum Gasteiger partial charge on any atom is -0.312 e. The van der Waals surface area contributed by atoms with E-state index in [-0.39, 0.29) is 5.56 Å². The van der Waals surface area contributed by atoms with Gasteiger partial charge in [0, 0.05) is 0 Å². The molecule has 0 atom stereocenters. The molecule has 0 fully saturated rings. The Morgan fingerprint density at radius 3 is 2.90 bits per heavy atom. The van der Waals surface area contributed by atoms with E-state index in [1.807, 2.05) is 30.3 Å².